The molecule has 0 amide bonds. The van der Waals surface area contributed by atoms with Crippen molar-refractivity contribution in [1.82, 2.24) is 9.97 Å². The zero-order valence-electron chi connectivity index (χ0n) is 27.2. The fraction of sp³-hybridized carbons (Fsp3) is 0.190. The summed E-state index contributed by atoms with van der Waals surface area (Å²) in [6.45, 7) is 13.3. The molecule has 0 fully saturated rings. The van der Waals surface area contributed by atoms with Gasteiger partial charge in [0.15, 0.2) is 0 Å². The van der Waals surface area contributed by atoms with E-state index in [0.717, 1.165) is 55.6 Å². The predicted molar refractivity (Wildman–Crippen MR) is 187 cm³/mol. The number of rotatable bonds is 3. The molecule has 3 aromatic heterocycles. The van der Waals surface area contributed by atoms with Crippen LogP contribution in [0.25, 0.3) is 55.6 Å². The molecule has 0 atom stereocenters. The zero-order valence-corrected chi connectivity index (χ0v) is 29.6. The minimum atomic E-state index is 0. The van der Waals surface area contributed by atoms with E-state index in [1.54, 1.807) is 6.20 Å². The van der Waals surface area contributed by atoms with Gasteiger partial charge in [-0.3, -0.25) is 0 Å². The quantitative estimate of drug-likeness (QED) is 0.168. The fourth-order valence-electron chi connectivity index (χ4n) is 5.36. The molecule has 0 unspecified atom stereocenters. The van der Waals surface area contributed by atoms with Crippen molar-refractivity contribution in [3.8, 4) is 33.6 Å². The maximum atomic E-state index is 6.35. The van der Waals surface area contributed by atoms with E-state index in [0.29, 0.717) is 0 Å². The standard InChI is InChI=1S/C23H14NO.C19H24N.Ir/c1-2-8-16(9-3-1)17-10-6-11-18-19-12-7-13-20(23(19)25-22(17)18)21-14-4-5-15-24-21;1-18(2,3)15-9-7-14(8-10-15)17-12-11-16(13-20-17)19(4,5)6;/h1-12,14-15H;7,9-13H,1-6H3;/q2*-1;. The van der Waals surface area contributed by atoms with Gasteiger partial charge < -0.3 is 14.4 Å². The Bertz CT molecular complexity index is 1880. The Morgan fingerprint density at radius 1 is 0.587 bits per heavy atom. The van der Waals surface area contributed by atoms with Crippen molar-refractivity contribution < 1.29 is 24.5 Å². The van der Waals surface area contributed by atoms with Crippen LogP contribution in [0.1, 0.15) is 52.7 Å². The average molecular weight is 779 g/mol. The molecule has 0 N–H and O–H groups in total. The summed E-state index contributed by atoms with van der Waals surface area (Å²) in [5, 5.41) is 2.20. The molecule has 233 valence electrons. The Hall–Kier alpha value is -4.37. The molecule has 0 bridgehead atoms. The third kappa shape index (κ3) is 7.04. The monoisotopic (exact) mass is 779 g/mol. The molecule has 7 aromatic rings. The second-order valence-corrected chi connectivity index (χ2v) is 13.4. The number of fused-ring (bicyclic) bond motifs is 3. The van der Waals surface area contributed by atoms with Gasteiger partial charge in [0.05, 0.1) is 5.58 Å². The first kappa shape index (κ1) is 33.0. The van der Waals surface area contributed by atoms with Gasteiger partial charge in [-0.2, -0.15) is 0 Å². The normalized spacial score (nSPS) is 11.5. The summed E-state index contributed by atoms with van der Waals surface area (Å²) in [7, 11) is 0. The van der Waals surface area contributed by atoms with Crippen LogP contribution in [0.4, 0.5) is 0 Å². The van der Waals surface area contributed by atoms with Gasteiger partial charge in [0, 0.05) is 43.4 Å². The van der Waals surface area contributed by atoms with E-state index in [1.165, 1.54) is 11.1 Å². The van der Waals surface area contributed by atoms with E-state index in [1.807, 2.05) is 48.7 Å². The van der Waals surface area contributed by atoms with Crippen LogP contribution in [0.15, 0.2) is 126 Å². The van der Waals surface area contributed by atoms with Crippen molar-refractivity contribution in [3.63, 3.8) is 0 Å². The van der Waals surface area contributed by atoms with Crippen molar-refractivity contribution >= 4 is 21.9 Å². The largest absolute Gasteiger partial charge is 0.500 e. The molecule has 4 heteroatoms. The number of furan rings is 1. The molecule has 0 aliphatic rings. The van der Waals surface area contributed by atoms with Crippen molar-refractivity contribution in [3.05, 3.63) is 145 Å². The van der Waals surface area contributed by atoms with Crippen molar-refractivity contribution in [2.45, 2.75) is 52.4 Å². The summed E-state index contributed by atoms with van der Waals surface area (Å²) < 4.78 is 6.35. The number of pyridine rings is 2. The Labute approximate surface area is 286 Å². The van der Waals surface area contributed by atoms with E-state index < -0.39 is 0 Å². The van der Waals surface area contributed by atoms with Crippen LogP contribution in [0.2, 0.25) is 0 Å². The molecular formula is C42H38IrN2O-2. The minimum Gasteiger partial charge on any atom is -0.500 e. The van der Waals surface area contributed by atoms with Crippen molar-refractivity contribution in [2.75, 3.05) is 0 Å². The number of nitrogens with zero attached hydrogens (tertiary/aromatic N) is 2. The van der Waals surface area contributed by atoms with Crippen molar-refractivity contribution in [2.24, 2.45) is 0 Å². The van der Waals surface area contributed by atoms with Crippen LogP contribution in [0.5, 0.6) is 0 Å². The molecule has 3 heterocycles. The van der Waals surface area contributed by atoms with Crippen LogP contribution < -0.4 is 0 Å². The minimum absolute atomic E-state index is 0. The summed E-state index contributed by atoms with van der Waals surface area (Å²) in [4.78, 5) is 9.03. The predicted octanol–water partition coefficient (Wildman–Crippen LogP) is 11.3. The number of benzene rings is 4. The van der Waals surface area contributed by atoms with E-state index >= 15 is 0 Å². The summed E-state index contributed by atoms with van der Waals surface area (Å²) >= 11 is 0. The second-order valence-electron chi connectivity index (χ2n) is 13.4. The van der Waals surface area contributed by atoms with Gasteiger partial charge >= 0.3 is 0 Å². The number of hydrogen-bond donors (Lipinski definition) is 0. The molecule has 0 saturated carbocycles. The van der Waals surface area contributed by atoms with Crippen molar-refractivity contribution in [1.29, 1.82) is 0 Å². The van der Waals surface area contributed by atoms with E-state index in [-0.39, 0.29) is 30.9 Å². The molecule has 3 nitrogen and oxygen atoms in total. The van der Waals surface area contributed by atoms with Crippen LogP contribution >= 0.6 is 0 Å². The van der Waals surface area contributed by atoms with E-state index in [2.05, 4.69) is 130 Å². The van der Waals surface area contributed by atoms with Crippen LogP contribution in [-0.4, -0.2) is 9.97 Å². The molecule has 0 aliphatic carbocycles. The second kappa shape index (κ2) is 13.5. The first-order valence-electron chi connectivity index (χ1n) is 15.4. The van der Waals surface area contributed by atoms with Crippen LogP contribution in [0.3, 0.4) is 0 Å². The van der Waals surface area contributed by atoms with Crippen LogP contribution in [0, 0.1) is 12.1 Å². The topological polar surface area (TPSA) is 38.9 Å². The number of para-hydroxylation sites is 1. The van der Waals surface area contributed by atoms with Crippen LogP contribution in [-0.2, 0) is 30.9 Å². The Kier molecular flexibility index (Phi) is 9.72. The molecule has 0 aliphatic heterocycles. The van der Waals surface area contributed by atoms with Gasteiger partial charge in [0.2, 0.25) is 0 Å². The molecule has 4 aromatic carbocycles. The van der Waals surface area contributed by atoms with Gasteiger partial charge in [-0.05, 0) is 39.4 Å². The Balaban J connectivity index is 0.000000182. The first-order valence-corrected chi connectivity index (χ1v) is 15.4. The number of hydrogen-bond acceptors (Lipinski definition) is 3. The average Bonchev–Trinajstić information content (AvgIpc) is 3.44. The maximum absolute atomic E-state index is 6.35. The summed E-state index contributed by atoms with van der Waals surface area (Å²) in [6.07, 6.45) is 3.76. The fourth-order valence-corrected chi connectivity index (χ4v) is 5.36. The smallest absolute Gasteiger partial charge is 0.128 e. The molecule has 0 saturated heterocycles. The first-order chi connectivity index (χ1) is 21.6. The molecule has 0 spiro atoms. The van der Waals surface area contributed by atoms with Gasteiger partial charge in [-0.15, -0.1) is 53.6 Å². The molecular weight excluding hydrogens is 741 g/mol. The third-order valence-corrected chi connectivity index (χ3v) is 8.05. The maximum Gasteiger partial charge on any atom is 0.128 e. The Morgan fingerprint density at radius 3 is 1.93 bits per heavy atom. The van der Waals surface area contributed by atoms with Gasteiger partial charge in [-0.1, -0.05) is 125 Å². The SMILES string of the molecule is CC(C)(C)c1c[c-]c(-c2ccc(C(C)(C)C)cn2)cc1.[Ir].[c-]1ccc2c(oc3c(-c4ccccc4)cccc32)c1-c1ccccn1. The van der Waals surface area contributed by atoms with Gasteiger partial charge in [0.1, 0.15) is 5.58 Å². The summed E-state index contributed by atoms with van der Waals surface area (Å²) in [6, 6.07) is 43.7. The zero-order chi connectivity index (χ0) is 31.6. The summed E-state index contributed by atoms with van der Waals surface area (Å²) in [5.74, 6) is 0. The number of aromatic nitrogens is 2. The van der Waals surface area contributed by atoms with Gasteiger partial charge in [-0.25, -0.2) is 0 Å². The molecule has 1 radical (unpaired) electrons. The van der Waals surface area contributed by atoms with Gasteiger partial charge in [0.25, 0.3) is 0 Å². The summed E-state index contributed by atoms with van der Waals surface area (Å²) in [5.41, 5.74) is 10.7. The molecule has 7 rings (SSSR count). The van der Waals surface area contributed by atoms with E-state index in [9.17, 15) is 0 Å². The molecule has 46 heavy (non-hydrogen) atoms. The van der Waals surface area contributed by atoms with E-state index in [4.69, 9.17) is 4.42 Å². The third-order valence-electron chi connectivity index (χ3n) is 8.05. The Morgan fingerprint density at radius 2 is 1.30 bits per heavy atom.